The van der Waals surface area contributed by atoms with Crippen molar-refractivity contribution in [2.24, 2.45) is 0 Å². The number of nitrogens with zero attached hydrogens (tertiary/aromatic N) is 1. The highest BCUT2D eigenvalue weighted by molar-refractivity contribution is 5.78. The first-order valence-corrected chi connectivity index (χ1v) is 6.82. The number of aliphatic hydroxyl groups is 1. The normalized spacial score (nSPS) is 14.0. The van der Waals surface area contributed by atoms with Crippen LogP contribution >= 0.6 is 0 Å². The SMILES string of the molecule is COCC(O)CN(C)CC(=O)NC(C)c1ccc(F)cc1. The second-order valence-electron chi connectivity index (χ2n) is 5.15. The summed E-state index contributed by atoms with van der Waals surface area (Å²) in [5.74, 6) is -0.455. The van der Waals surface area contributed by atoms with Gasteiger partial charge in [-0.1, -0.05) is 12.1 Å². The molecule has 6 heteroatoms. The van der Waals surface area contributed by atoms with Crippen LogP contribution in [-0.4, -0.2) is 55.9 Å². The van der Waals surface area contributed by atoms with Crippen LogP contribution in [-0.2, 0) is 9.53 Å². The monoisotopic (exact) mass is 298 g/mol. The summed E-state index contributed by atoms with van der Waals surface area (Å²) in [7, 11) is 3.27. The molecule has 0 aliphatic carbocycles. The molecule has 5 nitrogen and oxygen atoms in total. The molecule has 0 aromatic heterocycles. The van der Waals surface area contributed by atoms with E-state index in [2.05, 4.69) is 5.32 Å². The van der Waals surface area contributed by atoms with E-state index in [9.17, 15) is 14.3 Å². The van der Waals surface area contributed by atoms with Crippen molar-refractivity contribution < 1.29 is 19.0 Å². The highest BCUT2D eigenvalue weighted by Crippen LogP contribution is 2.12. The van der Waals surface area contributed by atoms with E-state index in [1.165, 1.54) is 19.2 Å². The Kier molecular flexibility index (Phi) is 7.28. The topological polar surface area (TPSA) is 61.8 Å². The number of benzene rings is 1. The molecule has 0 saturated heterocycles. The first-order chi connectivity index (χ1) is 9.92. The fourth-order valence-electron chi connectivity index (χ4n) is 2.04. The van der Waals surface area contributed by atoms with Crippen molar-refractivity contribution in [3.05, 3.63) is 35.6 Å². The van der Waals surface area contributed by atoms with Gasteiger partial charge >= 0.3 is 0 Å². The zero-order valence-corrected chi connectivity index (χ0v) is 12.7. The molecular formula is C15H23FN2O3. The zero-order chi connectivity index (χ0) is 15.8. The number of ether oxygens (including phenoxy) is 1. The summed E-state index contributed by atoms with van der Waals surface area (Å²) >= 11 is 0. The maximum Gasteiger partial charge on any atom is 0.234 e. The number of methoxy groups -OCH3 is 1. The molecule has 0 aliphatic heterocycles. The average molecular weight is 298 g/mol. The molecule has 118 valence electrons. The minimum atomic E-state index is -0.623. The van der Waals surface area contributed by atoms with E-state index in [0.29, 0.717) is 6.54 Å². The predicted octanol–water partition coefficient (Wildman–Crippen LogP) is 0.942. The number of carbonyl (C=O) groups is 1. The molecule has 2 unspecified atom stereocenters. The maximum absolute atomic E-state index is 12.8. The minimum absolute atomic E-state index is 0.154. The second-order valence-corrected chi connectivity index (χ2v) is 5.15. The summed E-state index contributed by atoms with van der Waals surface area (Å²) < 4.78 is 17.7. The van der Waals surface area contributed by atoms with Crippen LogP contribution in [0.3, 0.4) is 0 Å². The Balaban J connectivity index is 2.40. The first kappa shape index (κ1) is 17.6. The number of rotatable bonds is 8. The number of amides is 1. The van der Waals surface area contributed by atoms with Crippen LogP contribution < -0.4 is 5.32 Å². The summed E-state index contributed by atoms with van der Waals surface area (Å²) in [6, 6.07) is 5.82. The van der Waals surface area contributed by atoms with Gasteiger partial charge in [0.05, 0.1) is 25.3 Å². The lowest BCUT2D eigenvalue weighted by atomic mass is 10.1. The average Bonchev–Trinajstić information content (AvgIpc) is 2.38. The van der Waals surface area contributed by atoms with Gasteiger partial charge < -0.3 is 15.2 Å². The standard InChI is InChI=1S/C15H23FN2O3/c1-11(12-4-6-13(16)7-5-12)17-15(20)9-18(2)8-14(19)10-21-3/h4-7,11,14,19H,8-10H2,1-3H3,(H,17,20). The van der Waals surface area contributed by atoms with E-state index < -0.39 is 6.10 Å². The number of halogens is 1. The molecule has 0 bridgehead atoms. The summed E-state index contributed by atoms with van der Waals surface area (Å²) in [6.45, 7) is 2.60. The third-order valence-corrected chi connectivity index (χ3v) is 3.04. The van der Waals surface area contributed by atoms with Gasteiger partial charge in [-0.2, -0.15) is 0 Å². The fraction of sp³-hybridized carbons (Fsp3) is 0.533. The van der Waals surface area contributed by atoms with E-state index in [0.717, 1.165) is 5.56 Å². The van der Waals surface area contributed by atoms with Crippen molar-refractivity contribution in [3.63, 3.8) is 0 Å². The molecule has 0 heterocycles. The third kappa shape index (κ3) is 6.66. The van der Waals surface area contributed by atoms with Gasteiger partial charge in [0.25, 0.3) is 0 Å². The Morgan fingerprint density at radius 1 is 1.43 bits per heavy atom. The van der Waals surface area contributed by atoms with E-state index in [1.54, 1.807) is 24.1 Å². The molecule has 0 radical (unpaired) electrons. The van der Waals surface area contributed by atoms with Crippen LogP contribution in [0.15, 0.2) is 24.3 Å². The molecule has 1 rings (SSSR count). The summed E-state index contributed by atoms with van der Waals surface area (Å²) in [6.07, 6.45) is -0.623. The maximum atomic E-state index is 12.8. The van der Waals surface area contributed by atoms with E-state index in [1.807, 2.05) is 6.92 Å². The van der Waals surface area contributed by atoms with Crippen molar-refractivity contribution in [1.29, 1.82) is 0 Å². The molecule has 0 saturated carbocycles. The summed E-state index contributed by atoms with van der Waals surface area (Å²) in [5.41, 5.74) is 0.840. The van der Waals surface area contributed by atoms with Crippen molar-refractivity contribution in [2.75, 3.05) is 33.9 Å². The number of carbonyl (C=O) groups excluding carboxylic acids is 1. The van der Waals surface area contributed by atoms with Gasteiger partial charge in [0.2, 0.25) is 5.91 Å². The van der Waals surface area contributed by atoms with Gasteiger partial charge in [0.1, 0.15) is 5.82 Å². The molecule has 0 spiro atoms. The predicted molar refractivity (Wildman–Crippen MR) is 78.3 cm³/mol. The van der Waals surface area contributed by atoms with Crippen molar-refractivity contribution in [3.8, 4) is 0 Å². The lowest BCUT2D eigenvalue weighted by molar-refractivity contribution is -0.122. The van der Waals surface area contributed by atoms with E-state index in [-0.39, 0.29) is 30.9 Å². The molecular weight excluding hydrogens is 275 g/mol. The Morgan fingerprint density at radius 2 is 2.05 bits per heavy atom. The van der Waals surface area contributed by atoms with Gasteiger partial charge in [0.15, 0.2) is 0 Å². The number of likely N-dealkylation sites (N-methyl/N-ethyl adjacent to an activating group) is 1. The van der Waals surface area contributed by atoms with Crippen LogP contribution in [0, 0.1) is 5.82 Å². The first-order valence-electron chi connectivity index (χ1n) is 6.82. The number of aliphatic hydroxyl groups excluding tert-OH is 1. The fourth-order valence-corrected chi connectivity index (χ4v) is 2.04. The summed E-state index contributed by atoms with van der Waals surface area (Å²) in [4.78, 5) is 13.6. The molecule has 2 N–H and O–H groups in total. The van der Waals surface area contributed by atoms with Crippen molar-refractivity contribution in [1.82, 2.24) is 10.2 Å². The lowest BCUT2D eigenvalue weighted by Gasteiger charge is -2.21. The third-order valence-electron chi connectivity index (χ3n) is 3.04. The molecule has 1 aromatic carbocycles. The van der Waals surface area contributed by atoms with Crippen LogP contribution in [0.5, 0.6) is 0 Å². The van der Waals surface area contributed by atoms with Crippen LogP contribution in [0.4, 0.5) is 4.39 Å². The molecule has 1 amide bonds. The number of nitrogens with one attached hydrogen (secondary N) is 1. The van der Waals surface area contributed by atoms with Gasteiger partial charge in [-0.15, -0.1) is 0 Å². The highest BCUT2D eigenvalue weighted by Gasteiger charge is 2.14. The Bertz CT molecular complexity index is 439. The van der Waals surface area contributed by atoms with Crippen LogP contribution in [0.1, 0.15) is 18.5 Å². The Labute approximate surface area is 124 Å². The zero-order valence-electron chi connectivity index (χ0n) is 12.7. The van der Waals surface area contributed by atoms with Crippen molar-refractivity contribution >= 4 is 5.91 Å². The quantitative estimate of drug-likeness (QED) is 0.750. The van der Waals surface area contributed by atoms with Crippen molar-refractivity contribution in [2.45, 2.75) is 19.1 Å². The van der Waals surface area contributed by atoms with Crippen LogP contribution in [0.2, 0.25) is 0 Å². The smallest absolute Gasteiger partial charge is 0.234 e. The summed E-state index contributed by atoms with van der Waals surface area (Å²) in [5, 5.41) is 12.4. The molecule has 1 aromatic rings. The van der Waals surface area contributed by atoms with Gasteiger partial charge in [-0.25, -0.2) is 4.39 Å². The minimum Gasteiger partial charge on any atom is -0.389 e. The van der Waals surface area contributed by atoms with Crippen LogP contribution in [0.25, 0.3) is 0 Å². The lowest BCUT2D eigenvalue weighted by Crippen LogP contribution is -2.40. The van der Waals surface area contributed by atoms with E-state index in [4.69, 9.17) is 4.74 Å². The van der Waals surface area contributed by atoms with Gasteiger partial charge in [-0.3, -0.25) is 9.69 Å². The Morgan fingerprint density at radius 3 is 2.62 bits per heavy atom. The Hall–Kier alpha value is -1.50. The second kappa shape index (κ2) is 8.71. The van der Waals surface area contributed by atoms with E-state index >= 15 is 0 Å². The number of hydrogen-bond acceptors (Lipinski definition) is 4. The molecule has 0 aliphatic rings. The van der Waals surface area contributed by atoms with Gasteiger partial charge in [-0.05, 0) is 31.7 Å². The largest absolute Gasteiger partial charge is 0.389 e. The van der Waals surface area contributed by atoms with Gasteiger partial charge in [0, 0.05) is 13.7 Å². The molecule has 2 atom stereocenters. The molecule has 21 heavy (non-hydrogen) atoms. The molecule has 0 fully saturated rings. The number of hydrogen-bond donors (Lipinski definition) is 2. The highest BCUT2D eigenvalue weighted by atomic mass is 19.1.